The molecule has 2 unspecified atom stereocenters. The van der Waals surface area contributed by atoms with Crippen LogP contribution in [0.25, 0.3) is 6.08 Å². The fourth-order valence-electron chi connectivity index (χ4n) is 5.26. The largest absolute Gasteiger partial charge is 0.106 e. The molecule has 0 radical (unpaired) electrons. The monoisotopic (exact) mass is 434 g/mol. The first kappa shape index (κ1) is 17.6. The van der Waals surface area contributed by atoms with Gasteiger partial charge in [-0.1, -0.05) is 62.4 Å². The molecule has 136 valence electrons. The quantitative estimate of drug-likeness (QED) is 0.459. The molecular formula is C25H23BrS. The molecule has 27 heavy (non-hydrogen) atoms. The van der Waals surface area contributed by atoms with Crippen LogP contribution in [0.1, 0.15) is 44.7 Å². The highest BCUT2D eigenvalue weighted by atomic mass is 79.9. The molecule has 0 saturated carbocycles. The summed E-state index contributed by atoms with van der Waals surface area (Å²) in [4.78, 5) is 0. The summed E-state index contributed by atoms with van der Waals surface area (Å²) in [7, 11) is 0. The summed E-state index contributed by atoms with van der Waals surface area (Å²) in [5.74, 6) is 0.416. The molecule has 1 heterocycles. The predicted molar refractivity (Wildman–Crippen MR) is 122 cm³/mol. The van der Waals surface area contributed by atoms with Crippen molar-refractivity contribution in [2.24, 2.45) is 5.41 Å². The van der Waals surface area contributed by atoms with E-state index in [1.54, 1.807) is 0 Å². The van der Waals surface area contributed by atoms with Gasteiger partial charge in [0.15, 0.2) is 0 Å². The summed E-state index contributed by atoms with van der Waals surface area (Å²) in [6.45, 7) is 9.43. The van der Waals surface area contributed by atoms with Crippen molar-refractivity contribution in [3.8, 4) is 0 Å². The Morgan fingerprint density at radius 1 is 1.04 bits per heavy atom. The van der Waals surface area contributed by atoms with Crippen LogP contribution in [0.2, 0.25) is 0 Å². The van der Waals surface area contributed by atoms with Crippen LogP contribution in [0.3, 0.4) is 0 Å². The van der Waals surface area contributed by atoms with E-state index in [-0.39, 0.29) is 5.41 Å². The van der Waals surface area contributed by atoms with Gasteiger partial charge in [0, 0.05) is 11.3 Å². The summed E-state index contributed by atoms with van der Waals surface area (Å²) in [6, 6.07) is 8.85. The van der Waals surface area contributed by atoms with Crippen molar-refractivity contribution in [3.05, 3.63) is 96.9 Å². The molecule has 2 atom stereocenters. The minimum absolute atomic E-state index is 0.0446. The van der Waals surface area contributed by atoms with Crippen molar-refractivity contribution in [2.75, 3.05) is 0 Å². The van der Waals surface area contributed by atoms with Crippen LogP contribution in [-0.2, 0) is 0 Å². The average molecular weight is 435 g/mol. The lowest BCUT2D eigenvalue weighted by atomic mass is 9.67. The number of benzene rings is 1. The van der Waals surface area contributed by atoms with Gasteiger partial charge < -0.3 is 0 Å². The summed E-state index contributed by atoms with van der Waals surface area (Å²) in [6.07, 6.45) is 11.9. The smallest absolute Gasteiger partial charge is 0.0542 e. The van der Waals surface area contributed by atoms with Gasteiger partial charge in [-0.05, 0) is 80.4 Å². The van der Waals surface area contributed by atoms with Gasteiger partial charge in [0.1, 0.15) is 0 Å². The van der Waals surface area contributed by atoms with Gasteiger partial charge in [0.2, 0.25) is 0 Å². The van der Waals surface area contributed by atoms with Crippen molar-refractivity contribution in [1.29, 1.82) is 0 Å². The van der Waals surface area contributed by atoms with Gasteiger partial charge in [-0.15, -0.1) is 11.8 Å². The lowest BCUT2D eigenvalue weighted by Gasteiger charge is -2.37. The van der Waals surface area contributed by atoms with E-state index in [1.807, 2.05) is 11.8 Å². The number of fused-ring (bicyclic) bond motifs is 3. The van der Waals surface area contributed by atoms with Crippen LogP contribution in [0.15, 0.2) is 85.8 Å². The van der Waals surface area contributed by atoms with Crippen LogP contribution in [0.4, 0.5) is 0 Å². The second kappa shape index (κ2) is 5.99. The predicted octanol–water partition coefficient (Wildman–Crippen LogP) is 7.69. The average Bonchev–Trinajstić information content (AvgIpc) is 3.29. The Morgan fingerprint density at radius 3 is 2.63 bits per heavy atom. The SMILES string of the molecule is CC1=C(C(C)(C)C2C=Cc3ccccc32)C2=CC3SC(Br)=CC3=C(C)C2=C1. The molecule has 0 amide bonds. The molecule has 0 bridgehead atoms. The highest BCUT2D eigenvalue weighted by Crippen LogP contribution is 2.57. The number of hydrogen-bond donors (Lipinski definition) is 0. The lowest BCUT2D eigenvalue weighted by Crippen LogP contribution is -2.25. The van der Waals surface area contributed by atoms with E-state index >= 15 is 0 Å². The normalized spacial score (nSPS) is 26.0. The van der Waals surface area contributed by atoms with Crippen molar-refractivity contribution in [1.82, 2.24) is 0 Å². The fraction of sp³-hybridized carbons (Fsp3) is 0.280. The molecule has 1 aromatic carbocycles. The Hall–Kier alpha value is -1.51. The topological polar surface area (TPSA) is 0 Å². The van der Waals surface area contributed by atoms with Gasteiger partial charge in [0.05, 0.1) is 9.06 Å². The van der Waals surface area contributed by atoms with Gasteiger partial charge in [-0.2, -0.15) is 0 Å². The molecule has 0 spiro atoms. The maximum Gasteiger partial charge on any atom is 0.0542 e. The highest BCUT2D eigenvalue weighted by molar-refractivity contribution is 9.14. The van der Waals surface area contributed by atoms with Gasteiger partial charge in [-0.25, -0.2) is 0 Å². The highest BCUT2D eigenvalue weighted by Gasteiger charge is 2.42. The van der Waals surface area contributed by atoms with E-state index in [4.69, 9.17) is 0 Å². The molecule has 0 saturated heterocycles. The van der Waals surface area contributed by atoms with E-state index in [1.165, 1.54) is 48.4 Å². The zero-order chi connectivity index (χ0) is 18.9. The first-order valence-electron chi connectivity index (χ1n) is 9.55. The molecule has 5 rings (SSSR count). The van der Waals surface area contributed by atoms with Crippen molar-refractivity contribution in [3.63, 3.8) is 0 Å². The van der Waals surface area contributed by atoms with E-state index in [0.717, 1.165) is 0 Å². The maximum absolute atomic E-state index is 3.69. The van der Waals surface area contributed by atoms with Crippen LogP contribution >= 0.6 is 27.7 Å². The van der Waals surface area contributed by atoms with Crippen molar-refractivity contribution in [2.45, 2.75) is 38.9 Å². The van der Waals surface area contributed by atoms with E-state index in [0.29, 0.717) is 11.2 Å². The number of thioether (sulfide) groups is 1. The minimum Gasteiger partial charge on any atom is -0.106 e. The second-order valence-electron chi connectivity index (χ2n) is 8.45. The van der Waals surface area contributed by atoms with Crippen molar-refractivity contribution >= 4 is 33.8 Å². The van der Waals surface area contributed by atoms with Crippen LogP contribution in [0, 0.1) is 5.41 Å². The number of allylic oxidation sites excluding steroid dienone is 8. The lowest BCUT2D eigenvalue weighted by molar-refractivity contribution is 0.405. The third-order valence-corrected chi connectivity index (χ3v) is 8.28. The Bertz CT molecular complexity index is 1060. The molecule has 2 heteroatoms. The van der Waals surface area contributed by atoms with Gasteiger partial charge >= 0.3 is 0 Å². The first-order valence-corrected chi connectivity index (χ1v) is 11.2. The number of rotatable bonds is 2. The van der Waals surface area contributed by atoms with E-state index < -0.39 is 0 Å². The molecular weight excluding hydrogens is 412 g/mol. The van der Waals surface area contributed by atoms with Crippen LogP contribution in [-0.4, -0.2) is 5.25 Å². The molecule has 1 aromatic rings. The molecule has 0 fully saturated rings. The maximum atomic E-state index is 3.69. The summed E-state index contributed by atoms with van der Waals surface area (Å²) >= 11 is 5.61. The molecule has 4 aliphatic rings. The Morgan fingerprint density at radius 2 is 1.81 bits per heavy atom. The first-order chi connectivity index (χ1) is 12.9. The molecule has 1 aliphatic heterocycles. The molecule has 0 N–H and O–H groups in total. The van der Waals surface area contributed by atoms with Crippen molar-refractivity contribution < 1.29 is 0 Å². The van der Waals surface area contributed by atoms with Gasteiger partial charge in [0.25, 0.3) is 0 Å². The molecule has 0 aromatic heterocycles. The number of halogens is 1. The fourth-order valence-corrected chi connectivity index (χ4v) is 7.13. The molecule has 0 nitrogen and oxygen atoms in total. The minimum atomic E-state index is 0.0446. The van der Waals surface area contributed by atoms with Crippen LogP contribution in [0.5, 0.6) is 0 Å². The summed E-state index contributed by atoms with van der Waals surface area (Å²) in [5, 5.41) is 0.439. The Balaban J connectivity index is 1.59. The van der Waals surface area contributed by atoms with E-state index in [2.05, 4.69) is 98.3 Å². The Kier molecular flexibility index (Phi) is 3.90. The third-order valence-electron chi connectivity index (χ3n) is 6.51. The zero-order valence-electron chi connectivity index (χ0n) is 16.1. The van der Waals surface area contributed by atoms with E-state index in [9.17, 15) is 0 Å². The summed E-state index contributed by atoms with van der Waals surface area (Å²) < 4.78 is 1.24. The van der Waals surface area contributed by atoms with Gasteiger partial charge in [-0.3, -0.25) is 0 Å². The Labute approximate surface area is 174 Å². The zero-order valence-corrected chi connectivity index (χ0v) is 18.5. The third kappa shape index (κ3) is 2.49. The molecule has 3 aliphatic carbocycles. The number of hydrogen-bond acceptors (Lipinski definition) is 1. The standard InChI is InChI=1S/C25H23BrS/c1-14-11-18-15(2)19-13-23(26)27-22(19)12-20(18)24(14)25(3,4)21-10-9-16-7-5-6-8-17(16)21/h5-13,21-22H,1-4H3. The second-order valence-corrected chi connectivity index (χ2v) is 11.0. The summed E-state index contributed by atoms with van der Waals surface area (Å²) in [5.41, 5.74) is 11.6. The van der Waals surface area contributed by atoms with Crippen LogP contribution < -0.4 is 0 Å².